The van der Waals surface area contributed by atoms with Crippen molar-refractivity contribution in [1.29, 1.82) is 0 Å². The van der Waals surface area contributed by atoms with Crippen molar-refractivity contribution >= 4 is 33.4 Å². The number of unbranched alkanes of at least 4 members (excludes halogenated alkanes) is 22. The van der Waals surface area contributed by atoms with Crippen LogP contribution in [-0.4, -0.2) is 76.1 Å². The first-order chi connectivity index (χ1) is 29.6. The Morgan fingerprint density at radius 1 is 0.548 bits per heavy atom. The molecule has 3 atom stereocenters. The summed E-state index contributed by atoms with van der Waals surface area (Å²) in [6.45, 7) is 3.93. The topological polar surface area (TPSA) is 212 Å². The van der Waals surface area contributed by atoms with Gasteiger partial charge in [0, 0.05) is 19.3 Å². The Morgan fingerprint density at radius 3 is 1.55 bits per heavy atom. The maximum atomic E-state index is 12.7. The SMILES string of the molecule is CCCCCC(=O)/C=C/C=C\CCCCCCCC(=O)OC[C@H](COP(=O)(O)OC[C@@H](O)COP(=O)(O)O)OC(=O)CCCCCCCCCCCCCCCCCCC(C)C. The molecule has 0 fully saturated rings. The van der Waals surface area contributed by atoms with E-state index in [0.717, 1.165) is 76.5 Å². The number of carbonyl (C=O) groups is 3. The van der Waals surface area contributed by atoms with E-state index in [2.05, 4.69) is 29.8 Å². The number of esters is 2. The minimum Gasteiger partial charge on any atom is -0.462 e. The summed E-state index contributed by atoms with van der Waals surface area (Å²) < 4.78 is 47.8. The maximum Gasteiger partial charge on any atom is 0.472 e. The lowest BCUT2D eigenvalue weighted by atomic mass is 10.0. The average Bonchev–Trinajstić information content (AvgIpc) is 3.21. The van der Waals surface area contributed by atoms with E-state index in [0.29, 0.717) is 19.3 Å². The zero-order valence-electron chi connectivity index (χ0n) is 38.6. The van der Waals surface area contributed by atoms with Gasteiger partial charge in [0.15, 0.2) is 11.9 Å². The second kappa shape index (κ2) is 40.8. The van der Waals surface area contributed by atoms with Gasteiger partial charge in [-0.05, 0) is 44.1 Å². The van der Waals surface area contributed by atoms with Crippen molar-refractivity contribution in [3.8, 4) is 0 Å². The van der Waals surface area contributed by atoms with Gasteiger partial charge in [-0.15, -0.1) is 0 Å². The molecule has 0 aromatic heterocycles. The quantitative estimate of drug-likeness (QED) is 0.0147. The summed E-state index contributed by atoms with van der Waals surface area (Å²) in [5.41, 5.74) is 0. The van der Waals surface area contributed by atoms with E-state index < -0.39 is 66.2 Å². The summed E-state index contributed by atoms with van der Waals surface area (Å²) in [7, 11) is -9.70. The van der Waals surface area contributed by atoms with E-state index in [1.54, 1.807) is 12.2 Å². The molecule has 0 aromatic rings. The molecule has 0 spiro atoms. The van der Waals surface area contributed by atoms with Gasteiger partial charge in [-0.25, -0.2) is 9.13 Å². The highest BCUT2D eigenvalue weighted by Gasteiger charge is 2.28. The van der Waals surface area contributed by atoms with Crippen LogP contribution in [0.1, 0.15) is 207 Å². The lowest BCUT2D eigenvalue weighted by Crippen LogP contribution is -2.30. The zero-order chi connectivity index (χ0) is 46.2. The van der Waals surface area contributed by atoms with Crippen LogP contribution >= 0.6 is 15.6 Å². The molecule has 0 aromatic carbocycles. The number of allylic oxidation sites excluding steroid dienone is 4. The molecule has 4 N–H and O–H groups in total. The molecule has 364 valence electrons. The average molecular weight is 925 g/mol. The van der Waals surface area contributed by atoms with Crippen LogP contribution in [0.5, 0.6) is 0 Å². The van der Waals surface area contributed by atoms with Crippen molar-refractivity contribution in [2.75, 3.05) is 26.4 Å². The molecular weight excluding hydrogens is 838 g/mol. The smallest absolute Gasteiger partial charge is 0.462 e. The minimum atomic E-state index is -4.87. The standard InChI is InChI=1S/C46H86O14P2/c1-4-5-27-33-42(47)34-29-24-20-16-14-18-21-25-30-35-45(49)56-39-44(40-59-62(54,55)58-38-43(48)37-57-61(51,52)53)60-46(50)36-31-26-22-17-13-11-9-7-6-8-10-12-15-19-23-28-32-41(2)3/h20,24,29,34,41,43-44,48H,4-19,21-23,25-28,30-33,35-40H2,1-3H3,(H,54,55)(H2,51,52,53)/b24-20-,34-29+/t43-,44+/m0/s1. The van der Waals surface area contributed by atoms with Gasteiger partial charge in [0.05, 0.1) is 19.8 Å². The molecule has 0 aliphatic heterocycles. The van der Waals surface area contributed by atoms with Crippen molar-refractivity contribution in [2.45, 2.75) is 219 Å². The van der Waals surface area contributed by atoms with Gasteiger partial charge in [-0.3, -0.25) is 28.0 Å². The summed E-state index contributed by atoms with van der Waals surface area (Å²) in [6.07, 6.45) is 34.4. The molecule has 0 rings (SSSR count). The maximum absolute atomic E-state index is 12.7. The number of aliphatic hydroxyl groups is 1. The predicted molar refractivity (Wildman–Crippen MR) is 244 cm³/mol. The van der Waals surface area contributed by atoms with Gasteiger partial charge < -0.3 is 29.3 Å². The fourth-order valence-electron chi connectivity index (χ4n) is 6.57. The molecule has 16 heteroatoms. The van der Waals surface area contributed by atoms with Crippen LogP contribution in [0.15, 0.2) is 24.3 Å². The van der Waals surface area contributed by atoms with E-state index in [-0.39, 0.29) is 18.6 Å². The third-order valence-electron chi connectivity index (χ3n) is 10.2. The Bertz CT molecular complexity index is 1270. The van der Waals surface area contributed by atoms with Crippen molar-refractivity contribution in [2.24, 2.45) is 5.92 Å². The number of ether oxygens (including phenoxy) is 2. The fourth-order valence-corrected chi connectivity index (χ4v) is 7.73. The summed E-state index contributed by atoms with van der Waals surface area (Å²) in [5.74, 6) is -0.114. The lowest BCUT2D eigenvalue weighted by Gasteiger charge is -2.20. The first kappa shape index (κ1) is 60.3. The molecule has 1 unspecified atom stereocenters. The van der Waals surface area contributed by atoms with Gasteiger partial charge in [-0.2, -0.15) is 0 Å². The van der Waals surface area contributed by atoms with E-state index in [9.17, 15) is 33.5 Å². The Kier molecular flexibility index (Phi) is 39.6. The molecule has 0 saturated carbocycles. The minimum absolute atomic E-state index is 0.118. The van der Waals surface area contributed by atoms with E-state index >= 15 is 0 Å². The summed E-state index contributed by atoms with van der Waals surface area (Å²) in [4.78, 5) is 64.6. The number of hydrogen-bond acceptors (Lipinski definition) is 11. The molecule has 0 amide bonds. The van der Waals surface area contributed by atoms with Crippen LogP contribution in [0.4, 0.5) is 0 Å². The number of phosphoric acid groups is 2. The summed E-state index contributed by atoms with van der Waals surface area (Å²) >= 11 is 0. The Morgan fingerprint density at radius 2 is 1.02 bits per heavy atom. The molecule has 0 aliphatic carbocycles. The van der Waals surface area contributed by atoms with Gasteiger partial charge in [0.25, 0.3) is 0 Å². The molecule has 0 heterocycles. The highest BCUT2D eigenvalue weighted by Crippen LogP contribution is 2.43. The second-order valence-electron chi connectivity index (χ2n) is 16.9. The largest absolute Gasteiger partial charge is 0.472 e. The van der Waals surface area contributed by atoms with Gasteiger partial charge in [0.2, 0.25) is 0 Å². The number of ketones is 1. The van der Waals surface area contributed by atoms with E-state index in [4.69, 9.17) is 23.8 Å². The molecule has 0 radical (unpaired) electrons. The number of carbonyl (C=O) groups excluding carboxylic acids is 3. The van der Waals surface area contributed by atoms with Crippen molar-refractivity contribution in [3.05, 3.63) is 24.3 Å². The van der Waals surface area contributed by atoms with Crippen LogP contribution in [0, 0.1) is 5.92 Å². The second-order valence-corrected chi connectivity index (χ2v) is 19.6. The fraction of sp³-hybridized carbons (Fsp3) is 0.848. The number of rotatable bonds is 45. The molecule has 0 aliphatic rings. The summed E-state index contributed by atoms with van der Waals surface area (Å²) in [5, 5.41) is 9.76. The third-order valence-corrected chi connectivity index (χ3v) is 11.7. The zero-order valence-corrected chi connectivity index (χ0v) is 40.4. The number of hydrogen-bond donors (Lipinski definition) is 4. The highest BCUT2D eigenvalue weighted by molar-refractivity contribution is 7.47. The van der Waals surface area contributed by atoms with Crippen LogP contribution in [-0.2, 0) is 46.6 Å². The van der Waals surface area contributed by atoms with Crippen LogP contribution in [0.2, 0.25) is 0 Å². The first-order valence-electron chi connectivity index (χ1n) is 23.8. The predicted octanol–water partition coefficient (Wildman–Crippen LogP) is 11.7. The highest BCUT2D eigenvalue weighted by atomic mass is 31.2. The van der Waals surface area contributed by atoms with Crippen molar-refractivity contribution in [1.82, 2.24) is 0 Å². The first-order valence-corrected chi connectivity index (χ1v) is 26.9. The Labute approximate surface area is 374 Å². The monoisotopic (exact) mass is 925 g/mol. The van der Waals surface area contributed by atoms with Crippen LogP contribution in [0.25, 0.3) is 0 Å². The van der Waals surface area contributed by atoms with E-state index in [1.807, 2.05) is 12.2 Å². The lowest BCUT2D eigenvalue weighted by molar-refractivity contribution is -0.161. The molecule has 14 nitrogen and oxygen atoms in total. The number of aliphatic hydroxyl groups excluding tert-OH is 1. The van der Waals surface area contributed by atoms with Gasteiger partial charge in [0.1, 0.15) is 12.7 Å². The normalized spacial score (nSPS) is 14.1. The van der Waals surface area contributed by atoms with Gasteiger partial charge >= 0.3 is 27.6 Å². The van der Waals surface area contributed by atoms with Crippen LogP contribution in [0.3, 0.4) is 0 Å². The van der Waals surface area contributed by atoms with Crippen molar-refractivity contribution < 1.29 is 66.3 Å². The van der Waals surface area contributed by atoms with E-state index in [1.165, 1.54) is 83.5 Å². The summed E-state index contributed by atoms with van der Waals surface area (Å²) in [6, 6.07) is 0. The Balaban J connectivity index is 4.48. The Hall–Kier alpha value is -1.73. The third kappa shape index (κ3) is 44.9. The molecular formula is C46H86O14P2. The molecule has 0 saturated heterocycles. The van der Waals surface area contributed by atoms with Crippen LogP contribution < -0.4 is 0 Å². The molecule has 0 bridgehead atoms. The van der Waals surface area contributed by atoms with Gasteiger partial charge in [-0.1, -0.05) is 174 Å². The van der Waals surface area contributed by atoms with Crippen molar-refractivity contribution in [3.63, 3.8) is 0 Å². The molecule has 62 heavy (non-hydrogen) atoms. The number of phosphoric ester groups is 2.